The summed E-state index contributed by atoms with van der Waals surface area (Å²) in [7, 11) is 1.69. The van der Waals surface area contributed by atoms with Crippen LogP contribution < -0.4 is 10.1 Å². The molecule has 0 bridgehead atoms. The minimum absolute atomic E-state index is 0.618. The quantitative estimate of drug-likeness (QED) is 0.791. The van der Waals surface area contributed by atoms with E-state index in [4.69, 9.17) is 16.3 Å². The molecule has 0 aliphatic carbocycles. The lowest BCUT2D eigenvalue weighted by molar-refractivity contribution is 0.404. The van der Waals surface area contributed by atoms with Crippen LogP contribution in [0.1, 0.15) is 5.56 Å². The molecule has 0 saturated heterocycles. The highest BCUT2D eigenvalue weighted by Gasteiger charge is 2.02. The molecule has 0 unspecified atom stereocenters. The summed E-state index contributed by atoms with van der Waals surface area (Å²) in [5.41, 5.74) is 1.17. The summed E-state index contributed by atoms with van der Waals surface area (Å²) >= 11 is 7.34. The molecule has 0 fully saturated rings. The van der Waals surface area contributed by atoms with Crippen molar-refractivity contribution in [1.29, 1.82) is 0 Å². The molecule has 0 aliphatic rings. The van der Waals surface area contributed by atoms with E-state index in [1.807, 2.05) is 12.3 Å². The van der Waals surface area contributed by atoms with Gasteiger partial charge in [0, 0.05) is 23.0 Å². The van der Waals surface area contributed by atoms with Crippen LogP contribution in [0.5, 0.6) is 5.75 Å². The van der Waals surface area contributed by atoms with Crippen molar-refractivity contribution < 1.29 is 4.74 Å². The predicted molar refractivity (Wildman–Crippen MR) is 71.5 cm³/mol. The third-order valence-corrected chi connectivity index (χ3v) is 3.00. The van der Waals surface area contributed by atoms with E-state index in [0.29, 0.717) is 11.6 Å². The average Bonchev–Trinajstić information content (AvgIpc) is 2.28. The molecule has 16 heavy (non-hydrogen) atoms. The Hall–Kier alpha value is -0.640. The van der Waals surface area contributed by atoms with Gasteiger partial charge in [0.25, 0.3) is 0 Å². The Morgan fingerprint density at radius 1 is 1.56 bits per heavy atom. The Balaban J connectivity index is 2.64. The fourth-order valence-corrected chi connectivity index (χ4v) is 1.98. The van der Waals surface area contributed by atoms with E-state index in [-0.39, 0.29) is 0 Å². The number of thioether (sulfide) groups is 1. The van der Waals surface area contributed by atoms with Gasteiger partial charge in [-0.25, -0.2) is 0 Å². The van der Waals surface area contributed by atoms with Crippen LogP contribution in [0.4, 0.5) is 0 Å². The number of ether oxygens (including phenoxy) is 1. The van der Waals surface area contributed by atoms with Crippen molar-refractivity contribution in [1.82, 2.24) is 5.32 Å². The van der Waals surface area contributed by atoms with Crippen molar-refractivity contribution in [3.8, 4) is 5.75 Å². The summed E-state index contributed by atoms with van der Waals surface area (Å²) in [4.78, 5) is 1.15. The average molecular weight is 258 g/mol. The van der Waals surface area contributed by atoms with Crippen LogP contribution in [-0.4, -0.2) is 19.9 Å². The molecule has 0 aliphatic heterocycles. The van der Waals surface area contributed by atoms with Gasteiger partial charge in [-0.05, 0) is 24.0 Å². The number of halogens is 1. The second-order valence-corrected chi connectivity index (χ2v) is 4.69. The highest BCUT2D eigenvalue weighted by atomic mass is 35.5. The largest absolute Gasteiger partial charge is 0.496 e. The molecule has 0 amide bonds. The van der Waals surface area contributed by atoms with Gasteiger partial charge in [0.1, 0.15) is 5.75 Å². The first-order chi connectivity index (χ1) is 7.67. The van der Waals surface area contributed by atoms with Crippen molar-refractivity contribution >= 4 is 23.4 Å². The van der Waals surface area contributed by atoms with Gasteiger partial charge in [-0.1, -0.05) is 24.2 Å². The summed E-state index contributed by atoms with van der Waals surface area (Å²) in [5.74, 6) is 0.913. The van der Waals surface area contributed by atoms with Crippen molar-refractivity contribution in [3.05, 3.63) is 35.4 Å². The van der Waals surface area contributed by atoms with Crippen molar-refractivity contribution in [2.45, 2.75) is 11.4 Å². The Kier molecular flexibility index (Phi) is 5.74. The zero-order valence-corrected chi connectivity index (χ0v) is 11.1. The Bertz CT molecular complexity index is 368. The Morgan fingerprint density at radius 3 is 2.88 bits per heavy atom. The molecule has 88 valence electrons. The van der Waals surface area contributed by atoms with Gasteiger partial charge < -0.3 is 10.1 Å². The molecule has 4 heteroatoms. The third-order valence-electron chi connectivity index (χ3n) is 2.09. The van der Waals surface area contributed by atoms with Gasteiger partial charge in [-0.2, -0.15) is 0 Å². The zero-order chi connectivity index (χ0) is 12.0. The van der Waals surface area contributed by atoms with E-state index >= 15 is 0 Å². The van der Waals surface area contributed by atoms with Crippen molar-refractivity contribution in [2.75, 3.05) is 19.9 Å². The van der Waals surface area contributed by atoms with Crippen LogP contribution in [0.25, 0.3) is 0 Å². The number of benzene rings is 1. The van der Waals surface area contributed by atoms with Gasteiger partial charge in [0.2, 0.25) is 0 Å². The SMILES string of the molecule is C=C(Cl)CNCc1ccc(SC)c(OC)c1. The maximum Gasteiger partial charge on any atom is 0.132 e. The second-order valence-electron chi connectivity index (χ2n) is 3.31. The maximum atomic E-state index is 5.67. The molecule has 0 radical (unpaired) electrons. The van der Waals surface area contributed by atoms with E-state index < -0.39 is 0 Å². The van der Waals surface area contributed by atoms with Crippen molar-refractivity contribution in [3.63, 3.8) is 0 Å². The molecule has 1 aromatic carbocycles. The lowest BCUT2D eigenvalue weighted by atomic mass is 10.2. The number of rotatable bonds is 6. The van der Waals surface area contributed by atoms with Crippen LogP contribution in [0, 0.1) is 0 Å². The fourth-order valence-electron chi connectivity index (χ4n) is 1.33. The topological polar surface area (TPSA) is 21.3 Å². The number of methoxy groups -OCH3 is 1. The first-order valence-electron chi connectivity index (χ1n) is 4.92. The normalized spacial score (nSPS) is 10.2. The lowest BCUT2D eigenvalue weighted by Crippen LogP contribution is -2.14. The van der Waals surface area contributed by atoms with Gasteiger partial charge >= 0.3 is 0 Å². The van der Waals surface area contributed by atoms with E-state index in [2.05, 4.69) is 24.0 Å². The van der Waals surface area contributed by atoms with Crippen LogP contribution in [0.3, 0.4) is 0 Å². The molecule has 0 atom stereocenters. The van der Waals surface area contributed by atoms with E-state index in [1.54, 1.807) is 18.9 Å². The first-order valence-corrected chi connectivity index (χ1v) is 6.52. The standard InChI is InChI=1S/C12H16ClNOS/c1-9(13)7-14-8-10-4-5-12(16-3)11(6-10)15-2/h4-6,14H,1,7-8H2,2-3H3. The molecule has 0 saturated carbocycles. The molecule has 1 N–H and O–H groups in total. The fraction of sp³-hybridized carbons (Fsp3) is 0.333. The van der Waals surface area contributed by atoms with Gasteiger partial charge in [0.15, 0.2) is 0 Å². The monoisotopic (exact) mass is 257 g/mol. The van der Waals surface area contributed by atoms with Crippen LogP contribution in [0.2, 0.25) is 0 Å². The van der Waals surface area contributed by atoms with Crippen LogP contribution >= 0.6 is 23.4 Å². The third kappa shape index (κ3) is 4.08. The zero-order valence-electron chi connectivity index (χ0n) is 9.55. The summed E-state index contributed by atoms with van der Waals surface area (Å²) in [6, 6.07) is 6.18. The van der Waals surface area contributed by atoms with Gasteiger partial charge in [-0.3, -0.25) is 0 Å². The smallest absolute Gasteiger partial charge is 0.132 e. The summed E-state index contributed by atoms with van der Waals surface area (Å²) in [6.07, 6.45) is 2.03. The molecule has 0 heterocycles. The summed E-state index contributed by atoms with van der Waals surface area (Å²) < 4.78 is 5.31. The van der Waals surface area contributed by atoms with Crippen molar-refractivity contribution in [2.24, 2.45) is 0 Å². The number of hydrogen-bond acceptors (Lipinski definition) is 3. The molecule has 0 spiro atoms. The van der Waals surface area contributed by atoms with E-state index in [0.717, 1.165) is 17.2 Å². The number of nitrogens with one attached hydrogen (secondary N) is 1. The Morgan fingerprint density at radius 2 is 2.31 bits per heavy atom. The number of hydrogen-bond donors (Lipinski definition) is 1. The maximum absolute atomic E-state index is 5.67. The first kappa shape index (κ1) is 13.4. The molecule has 1 aromatic rings. The molecule has 0 aromatic heterocycles. The Labute approximate surface area is 106 Å². The van der Waals surface area contributed by atoms with E-state index in [9.17, 15) is 0 Å². The summed E-state index contributed by atoms with van der Waals surface area (Å²) in [6.45, 7) is 5.00. The lowest BCUT2D eigenvalue weighted by Gasteiger charge is -2.09. The van der Waals surface area contributed by atoms with Gasteiger partial charge in [0.05, 0.1) is 7.11 Å². The highest BCUT2D eigenvalue weighted by molar-refractivity contribution is 7.98. The molecule has 1 rings (SSSR count). The highest BCUT2D eigenvalue weighted by Crippen LogP contribution is 2.28. The second kappa shape index (κ2) is 6.84. The predicted octanol–water partition coefficient (Wildman–Crippen LogP) is 3.26. The minimum atomic E-state index is 0.618. The van der Waals surface area contributed by atoms with Crippen LogP contribution in [0.15, 0.2) is 34.7 Å². The molecular formula is C12H16ClNOS. The van der Waals surface area contributed by atoms with Crippen LogP contribution in [-0.2, 0) is 6.54 Å². The minimum Gasteiger partial charge on any atom is -0.496 e. The molecular weight excluding hydrogens is 242 g/mol. The molecule has 2 nitrogen and oxygen atoms in total. The van der Waals surface area contributed by atoms with Gasteiger partial charge in [-0.15, -0.1) is 11.8 Å². The summed E-state index contributed by atoms with van der Waals surface area (Å²) in [5, 5.41) is 3.81. The van der Waals surface area contributed by atoms with E-state index in [1.165, 1.54) is 5.56 Å².